The maximum Gasteiger partial charge on any atom is 0.217 e. The van der Waals surface area contributed by atoms with Crippen molar-refractivity contribution in [3.8, 4) is 0 Å². The molecule has 0 aliphatic carbocycles. The molecule has 104 valence electrons. The van der Waals surface area contributed by atoms with Gasteiger partial charge in [-0.05, 0) is 18.9 Å². The van der Waals surface area contributed by atoms with Gasteiger partial charge in [-0.2, -0.15) is 0 Å². The summed E-state index contributed by atoms with van der Waals surface area (Å²) in [5, 5.41) is 2.98. The second-order valence-corrected chi connectivity index (χ2v) is 5.19. The van der Waals surface area contributed by atoms with Gasteiger partial charge in [0.2, 0.25) is 5.91 Å². The van der Waals surface area contributed by atoms with Crippen molar-refractivity contribution < 1.29 is 9.18 Å². The Balaban J connectivity index is 2.05. The van der Waals surface area contributed by atoms with Crippen LogP contribution in [0, 0.1) is 5.82 Å². The first-order valence-electron chi connectivity index (χ1n) is 6.24. The third kappa shape index (κ3) is 3.29. The van der Waals surface area contributed by atoms with Crippen LogP contribution < -0.4 is 16.0 Å². The summed E-state index contributed by atoms with van der Waals surface area (Å²) in [6.07, 6.45) is 1.68. The van der Waals surface area contributed by atoms with Gasteiger partial charge in [0.1, 0.15) is 5.82 Å². The Morgan fingerprint density at radius 3 is 2.68 bits per heavy atom. The van der Waals surface area contributed by atoms with Crippen LogP contribution in [-0.2, 0) is 4.79 Å². The van der Waals surface area contributed by atoms with Crippen LogP contribution >= 0.6 is 11.6 Å². The lowest BCUT2D eigenvalue weighted by Gasteiger charge is -2.34. The zero-order valence-electron chi connectivity index (χ0n) is 10.7. The Morgan fingerprint density at radius 2 is 2.11 bits per heavy atom. The van der Waals surface area contributed by atoms with Crippen LogP contribution in [0.25, 0.3) is 0 Å². The summed E-state index contributed by atoms with van der Waals surface area (Å²) in [4.78, 5) is 13.1. The molecule has 1 heterocycles. The minimum absolute atomic E-state index is 0.0113. The molecular weight excluding hydrogens is 269 g/mol. The molecule has 3 N–H and O–H groups in total. The van der Waals surface area contributed by atoms with Crippen molar-refractivity contribution in [2.24, 2.45) is 0 Å². The van der Waals surface area contributed by atoms with Crippen LogP contribution in [0.3, 0.4) is 0 Å². The van der Waals surface area contributed by atoms with E-state index in [-0.39, 0.29) is 17.0 Å². The zero-order valence-corrected chi connectivity index (χ0v) is 11.5. The number of piperidine rings is 1. The fourth-order valence-electron chi connectivity index (χ4n) is 2.38. The van der Waals surface area contributed by atoms with Crippen molar-refractivity contribution in [1.29, 1.82) is 0 Å². The molecule has 19 heavy (non-hydrogen) atoms. The van der Waals surface area contributed by atoms with E-state index in [1.165, 1.54) is 13.0 Å². The molecule has 1 saturated heterocycles. The third-order valence-electron chi connectivity index (χ3n) is 3.31. The first-order valence-corrected chi connectivity index (χ1v) is 6.61. The second-order valence-electron chi connectivity index (χ2n) is 4.79. The van der Waals surface area contributed by atoms with Crippen molar-refractivity contribution in [2.45, 2.75) is 25.8 Å². The molecule has 0 radical (unpaired) electrons. The molecule has 0 spiro atoms. The number of hydrogen-bond donors (Lipinski definition) is 2. The number of nitrogen functional groups attached to an aromatic ring is 1. The highest BCUT2D eigenvalue weighted by atomic mass is 35.5. The highest BCUT2D eigenvalue weighted by molar-refractivity contribution is 6.31. The first kappa shape index (κ1) is 13.9. The Bertz CT molecular complexity index is 487. The van der Waals surface area contributed by atoms with Crippen molar-refractivity contribution >= 4 is 28.9 Å². The molecule has 0 atom stereocenters. The number of amides is 1. The van der Waals surface area contributed by atoms with E-state index in [9.17, 15) is 9.18 Å². The average Bonchev–Trinajstić information content (AvgIpc) is 2.34. The fourth-order valence-corrected chi connectivity index (χ4v) is 2.54. The Morgan fingerprint density at radius 1 is 1.47 bits per heavy atom. The predicted molar refractivity (Wildman–Crippen MR) is 74.9 cm³/mol. The maximum absolute atomic E-state index is 13.3. The summed E-state index contributed by atoms with van der Waals surface area (Å²) in [7, 11) is 0. The summed E-state index contributed by atoms with van der Waals surface area (Å²) in [6, 6.07) is 3.01. The molecule has 0 saturated carbocycles. The lowest BCUT2D eigenvalue weighted by molar-refractivity contribution is -0.119. The summed E-state index contributed by atoms with van der Waals surface area (Å²) in [5.74, 6) is -0.515. The van der Waals surface area contributed by atoms with Crippen molar-refractivity contribution in [3.05, 3.63) is 23.0 Å². The fraction of sp³-hybridized carbons (Fsp3) is 0.462. The smallest absolute Gasteiger partial charge is 0.217 e. The summed E-state index contributed by atoms with van der Waals surface area (Å²) in [6.45, 7) is 3.04. The normalized spacial score (nSPS) is 16.5. The molecule has 1 aliphatic rings. The number of anilines is 2. The zero-order chi connectivity index (χ0) is 14.0. The van der Waals surface area contributed by atoms with Crippen molar-refractivity contribution in [1.82, 2.24) is 5.32 Å². The van der Waals surface area contributed by atoms with Gasteiger partial charge in [0.05, 0.1) is 16.4 Å². The van der Waals surface area contributed by atoms with Crippen LogP contribution in [0.5, 0.6) is 0 Å². The van der Waals surface area contributed by atoms with Gasteiger partial charge >= 0.3 is 0 Å². The molecule has 1 fully saturated rings. The van der Waals surface area contributed by atoms with E-state index in [4.69, 9.17) is 17.3 Å². The van der Waals surface area contributed by atoms with Gasteiger partial charge < -0.3 is 16.0 Å². The predicted octanol–water partition coefficient (Wildman–Crippen LogP) is 2.17. The summed E-state index contributed by atoms with van der Waals surface area (Å²) < 4.78 is 13.3. The van der Waals surface area contributed by atoms with Crippen LogP contribution in [0.1, 0.15) is 19.8 Å². The standard InChI is InChI=1S/C13H17ClFN3O/c1-8(19)17-9-2-4-18(5-3-9)13-6-10(14)11(15)7-12(13)16/h6-7,9H,2-5,16H2,1H3,(H,17,19). The van der Waals surface area contributed by atoms with E-state index in [2.05, 4.69) is 10.2 Å². The average molecular weight is 286 g/mol. The van der Waals surface area contributed by atoms with E-state index in [1.54, 1.807) is 6.07 Å². The molecule has 2 rings (SSSR count). The van der Waals surface area contributed by atoms with Crippen LogP contribution in [0.4, 0.5) is 15.8 Å². The van der Waals surface area contributed by atoms with E-state index < -0.39 is 5.82 Å². The SMILES string of the molecule is CC(=O)NC1CCN(c2cc(Cl)c(F)cc2N)CC1. The summed E-state index contributed by atoms with van der Waals surface area (Å²) >= 11 is 5.79. The van der Waals surface area contributed by atoms with Crippen LogP contribution in [0.2, 0.25) is 5.02 Å². The number of benzene rings is 1. The highest BCUT2D eigenvalue weighted by Gasteiger charge is 2.21. The number of nitrogens with one attached hydrogen (secondary N) is 1. The van der Waals surface area contributed by atoms with Gasteiger partial charge in [0.15, 0.2) is 0 Å². The largest absolute Gasteiger partial charge is 0.397 e. The van der Waals surface area contributed by atoms with Crippen LogP contribution in [0.15, 0.2) is 12.1 Å². The van der Waals surface area contributed by atoms with E-state index >= 15 is 0 Å². The van der Waals surface area contributed by atoms with Crippen molar-refractivity contribution in [2.75, 3.05) is 23.7 Å². The molecule has 1 aromatic carbocycles. The Hall–Kier alpha value is -1.49. The molecule has 1 amide bonds. The molecule has 1 aliphatic heterocycles. The molecule has 0 unspecified atom stereocenters. The number of hydrogen-bond acceptors (Lipinski definition) is 3. The molecular formula is C13H17ClFN3O. The third-order valence-corrected chi connectivity index (χ3v) is 3.60. The van der Waals surface area contributed by atoms with Gasteiger partial charge in [-0.15, -0.1) is 0 Å². The van der Waals surface area contributed by atoms with Gasteiger partial charge in [-0.1, -0.05) is 11.6 Å². The van der Waals surface area contributed by atoms with Crippen molar-refractivity contribution in [3.63, 3.8) is 0 Å². The number of rotatable bonds is 2. The molecule has 1 aromatic rings. The monoisotopic (exact) mass is 285 g/mol. The molecule has 0 bridgehead atoms. The van der Waals surface area contributed by atoms with E-state index in [0.717, 1.165) is 31.6 Å². The lowest BCUT2D eigenvalue weighted by atomic mass is 10.0. The minimum atomic E-state index is -0.504. The number of nitrogens with two attached hydrogens (primary N) is 1. The lowest BCUT2D eigenvalue weighted by Crippen LogP contribution is -2.44. The first-order chi connectivity index (χ1) is 8.97. The minimum Gasteiger partial charge on any atom is -0.397 e. The topological polar surface area (TPSA) is 58.4 Å². The quantitative estimate of drug-likeness (QED) is 0.819. The number of carbonyl (C=O) groups is 1. The number of halogens is 2. The molecule has 0 aromatic heterocycles. The second kappa shape index (κ2) is 5.65. The molecule has 4 nitrogen and oxygen atoms in total. The Labute approximate surface area is 116 Å². The summed E-state index contributed by atoms with van der Waals surface area (Å²) in [5.41, 5.74) is 6.97. The van der Waals surface area contributed by atoms with Gasteiger partial charge in [0.25, 0.3) is 0 Å². The van der Waals surface area contributed by atoms with E-state index in [1.807, 2.05) is 0 Å². The Kier molecular flexibility index (Phi) is 4.14. The van der Waals surface area contributed by atoms with E-state index in [0.29, 0.717) is 5.69 Å². The van der Waals surface area contributed by atoms with Crippen LogP contribution in [-0.4, -0.2) is 25.0 Å². The highest BCUT2D eigenvalue weighted by Crippen LogP contribution is 2.31. The van der Waals surface area contributed by atoms with Gasteiger partial charge in [-0.3, -0.25) is 4.79 Å². The number of carbonyl (C=O) groups excluding carboxylic acids is 1. The molecule has 6 heteroatoms. The maximum atomic E-state index is 13.3. The van der Waals surface area contributed by atoms with Gasteiger partial charge in [0, 0.05) is 32.1 Å². The number of nitrogens with zero attached hydrogens (tertiary/aromatic N) is 1. The van der Waals surface area contributed by atoms with Gasteiger partial charge in [-0.25, -0.2) is 4.39 Å².